The molecule has 0 saturated heterocycles. The van der Waals surface area contributed by atoms with E-state index in [-0.39, 0.29) is 11.8 Å². The average molecular weight is 348 g/mol. The van der Waals surface area contributed by atoms with Crippen molar-refractivity contribution in [3.8, 4) is 11.5 Å². The molecule has 4 nitrogen and oxygen atoms in total. The summed E-state index contributed by atoms with van der Waals surface area (Å²) in [7, 11) is 0. The lowest BCUT2D eigenvalue weighted by Gasteiger charge is -2.38. The Balaban J connectivity index is 1.63. The first-order valence-electron chi connectivity index (χ1n) is 8.24. The van der Waals surface area contributed by atoms with Crippen LogP contribution in [0.3, 0.4) is 0 Å². The van der Waals surface area contributed by atoms with E-state index in [1.807, 2.05) is 47.5 Å². The Morgan fingerprint density at radius 3 is 2.60 bits per heavy atom. The van der Waals surface area contributed by atoms with E-state index in [0.717, 1.165) is 29.0 Å². The number of hydrogen-bond donors (Lipinski definition) is 1. The number of rotatable bonds is 2. The van der Waals surface area contributed by atoms with Crippen molar-refractivity contribution in [2.75, 3.05) is 0 Å². The molecule has 2 aliphatic rings. The Bertz CT molecular complexity index is 952. The Labute approximate surface area is 149 Å². The van der Waals surface area contributed by atoms with E-state index in [0.29, 0.717) is 0 Å². The summed E-state index contributed by atoms with van der Waals surface area (Å²) in [6, 6.07) is 19.7. The fourth-order valence-corrected chi connectivity index (χ4v) is 4.25. The molecule has 0 amide bonds. The van der Waals surface area contributed by atoms with Gasteiger partial charge in [0.25, 0.3) is 0 Å². The summed E-state index contributed by atoms with van der Waals surface area (Å²) in [5.74, 6) is 1.09. The quantitative estimate of drug-likeness (QED) is 0.730. The largest absolute Gasteiger partial charge is 0.507 e. The molecular weight excluding hydrogens is 332 g/mol. The maximum atomic E-state index is 10.3. The summed E-state index contributed by atoms with van der Waals surface area (Å²) < 4.78 is 6.24. The minimum Gasteiger partial charge on any atom is -0.507 e. The van der Waals surface area contributed by atoms with Crippen LogP contribution in [0.5, 0.6) is 11.5 Å². The lowest BCUT2D eigenvalue weighted by atomic mass is 9.97. The van der Waals surface area contributed by atoms with Gasteiger partial charge in [-0.05, 0) is 29.6 Å². The molecule has 0 bridgehead atoms. The van der Waals surface area contributed by atoms with Gasteiger partial charge in [0, 0.05) is 12.0 Å². The van der Waals surface area contributed by atoms with Crippen LogP contribution in [-0.2, 0) is 0 Å². The van der Waals surface area contributed by atoms with Crippen LogP contribution >= 0.6 is 11.3 Å². The zero-order valence-electron chi connectivity index (χ0n) is 13.4. The molecule has 5 heteroatoms. The third-order valence-corrected chi connectivity index (χ3v) is 5.63. The standard InChI is InChI=1S/C20H16N2O2S/c23-17-8-3-1-7-14(17)20-22-16(13-6-2-4-9-18(13)24-20)12-15(21-22)19-10-5-11-25-19/h1-11,16,20,23H,12H2/t16-,20-/m0/s1. The number of benzene rings is 2. The van der Waals surface area contributed by atoms with Crippen molar-refractivity contribution in [3.05, 3.63) is 82.0 Å². The summed E-state index contributed by atoms with van der Waals surface area (Å²) in [6.45, 7) is 0. The molecule has 1 aromatic heterocycles. The van der Waals surface area contributed by atoms with Crippen molar-refractivity contribution in [3.63, 3.8) is 0 Å². The fraction of sp³-hybridized carbons (Fsp3) is 0.150. The topological polar surface area (TPSA) is 45.1 Å². The third-order valence-electron chi connectivity index (χ3n) is 4.71. The van der Waals surface area contributed by atoms with Gasteiger partial charge < -0.3 is 9.84 Å². The van der Waals surface area contributed by atoms with Gasteiger partial charge in [-0.2, -0.15) is 5.10 Å². The lowest BCUT2D eigenvalue weighted by molar-refractivity contribution is -0.0203. The summed E-state index contributed by atoms with van der Waals surface area (Å²) in [6.07, 6.45) is 0.406. The van der Waals surface area contributed by atoms with Crippen molar-refractivity contribution in [2.45, 2.75) is 18.7 Å². The number of fused-ring (bicyclic) bond motifs is 3. The summed E-state index contributed by atoms with van der Waals surface area (Å²) in [4.78, 5) is 1.18. The smallest absolute Gasteiger partial charge is 0.217 e. The molecule has 3 aromatic rings. The number of ether oxygens (including phenoxy) is 1. The molecule has 5 rings (SSSR count). The summed E-state index contributed by atoms with van der Waals surface area (Å²) >= 11 is 1.70. The zero-order chi connectivity index (χ0) is 16.8. The number of nitrogens with zero attached hydrogens (tertiary/aromatic N) is 2. The number of phenolic OH excluding ortho intramolecular Hbond substituents is 1. The van der Waals surface area contributed by atoms with Gasteiger partial charge in [0.15, 0.2) is 0 Å². The number of thiophene rings is 1. The van der Waals surface area contributed by atoms with Crippen LogP contribution in [0.2, 0.25) is 0 Å². The molecular formula is C20H16N2O2S. The summed E-state index contributed by atoms with van der Waals surface area (Å²) in [5, 5.41) is 19.3. The van der Waals surface area contributed by atoms with Gasteiger partial charge in [-0.15, -0.1) is 11.3 Å². The number of phenols is 1. The van der Waals surface area contributed by atoms with Crippen LogP contribution in [0.4, 0.5) is 0 Å². The third kappa shape index (κ3) is 2.31. The van der Waals surface area contributed by atoms with E-state index in [1.54, 1.807) is 17.4 Å². The van der Waals surface area contributed by atoms with Crippen molar-refractivity contribution >= 4 is 17.0 Å². The van der Waals surface area contributed by atoms with Crippen LogP contribution in [0.15, 0.2) is 71.1 Å². The molecule has 3 heterocycles. The predicted molar refractivity (Wildman–Crippen MR) is 98.0 cm³/mol. The number of hydrazone groups is 1. The van der Waals surface area contributed by atoms with E-state index < -0.39 is 6.23 Å². The molecule has 0 aliphatic carbocycles. The maximum absolute atomic E-state index is 10.3. The molecule has 0 saturated carbocycles. The Morgan fingerprint density at radius 1 is 1.00 bits per heavy atom. The SMILES string of the molecule is Oc1ccccc1[C@@H]1Oc2ccccc2[C@@H]2CC(c3cccs3)=NN21. The van der Waals surface area contributed by atoms with Gasteiger partial charge in [0.05, 0.1) is 22.2 Å². The fourth-order valence-electron chi connectivity index (χ4n) is 3.53. The number of aromatic hydroxyl groups is 1. The van der Waals surface area contributed by atoms with E-state index in [4.69, 9.17) is 9.84 Å². The molecule has 0 spiro atoms. The Kier molecular flexibility index (Phi) is 3.28. The minimum atomic E-state index is -0.432. The van der Waals surface area contributed by atoms with Crippen molar-refractivity contribution < 1.29 is 9.84 Å². The molecule has 0 fully saturated rings. The maximum Gasteiger partial charge on any atom is 0.217 e. The highest BCUT2D eigenvalue weighted by atomic mass is 32.1. The van der Waals surface area contributed by atoms with Crippen molar-refractivity contribution in [1.29, 1.82) is 0 Å². The molecule has 0 radical (unpaired) electrons. The van der Waals surface area contributed by atoms with Gasteiger partial charge in [0.1, 0.15) is 11.5 Å². The van der Waals surface area contributed by atoms with Gasteiger partial charge >= 0.3 is 0 Å². The monoisotopic (exact) mass is 348 g/mol. The van der Waals surface area contributed by atoms with Crippen LogP contribution < -0.4 is 4.74 Å². The molecule has 2 atom stereocenters. The van der Waals surface area contributed by atoms with E-state index in [1.165, 1.54) is 4.88 Å². The first-order valence-corrected chi connectivity index (χ1v) is 9.12. The normalized spacial score (nSPS) is 21.3. The van der Waals surface area contributed by atoms with Crippen LogP contribution in [0, 0.1) is 0 Å². The molecule has 0 unspecified atom stereocenters. The first kappa shape index (κ1) is 14.5. The average Bonchev–Trinajstić information content (AvgIpc) is 3.31. The van der Waals surface area contributed by atoms with Gasteiger partial charge in [-0.25, -0.2) is 5.01 Å². The van der Waals surface area contributed by atoms with Crippen LogP contribution in [0.25, 0.3) is 0 Å². The Morgan fingerprint density at radius 2 is 1.80 bits per heavy atom. The van der Waals surface area contributed by atoms with Gasteiger partial charge in [0.2, 0.25) is 6.23 Å². The molecule has 2 aliphatic heterocycles. The molecule has 1 N–H and O–H groups in total. The second-order valence-corrected chi connectivity index (χ2v) is 7.14. The van der Waals surface area contributed by atoms with Crippen molar-refractivity contribution in [1.82, 2.24) is 5.01 Å². The summed E-state index contributed by atoms with van der Waals surface area (Å²) in [5.41, 5.74) is 2.95. The van der Waals surface area contributed by atoms with E-state index in [2.05, 4.69) is 17.5 Å². The van der Waals surface area contributed by atoms with Crippen LogP contribution in [0.1, 0.15) is 34.7 Å². The predicted octanol–water partition coefficient (Wildman–Crippen LogP) is 4.70. The highest BCUT2D eigenvalue weighted by Crippen LogP contribution is 2.48. The highest BCUT2D eigenvalue weighted by molar-refractivity contribution is 7.12. The van der Waals surface area contributed by atoms with E-state index in [9.17, 15) is 5.11 Å². The first-order chi connectivity index (χ1) is 12.3. The van der Waals surface area contributed by atoms with Gasteiger partial charge in [-0.3, -0.25) is 0 Å². The van der Waals surface area contributed by atoms with Crippen molar-refractivity contribution in [2.24, 2.45) is 5.10 Å². The second-order valence-electron chi connectivity index (χ2n) is 6.19. The highest BCUT2D eigenvalue weighted by Gasteiger charge is 2.41. The van der Waals surface area contributed by atoms with Gasteiger partial charge in [-0.1, -0.05) is 36.4 Å². The number of hydrogen-bond acceptors (Lipinski definition) is 5. The molecule has 25 heavy (non-hydrogen) atoms. The lowest BCUT2D eigenvalue weighted by Crippen LogP contribution is -2.33. The number of para-hydroxylation sites is 2. The molecule has 2 aromatic carbocycles. The zero-order valence-corrected chi connectivity index (χ0v) is 14.2. The van der Waals surface area contributed by atoms with E-state index >= 15 is 0 Å². The minimum absolute atomic E-state index is 0.117. The van der Waals surface area contributed by atoms with Crippen LogP contribution in [-0.4, -0.2) is 15.8 Å². The Hall–Kier alpha value is -2.79. The molecule has 124 valence electrons. The second kappa shape index (κ2) is 5.63.